The van der Waals surface area contributed by atoms with Gasteiger partial charge in [-0.3, -0.25) is 24.6 Å². The van der Waals surface area contributed by atoms with Crippen molar-refractivity contribution in [3.63, 3.8) is 0 Å². The molecule has 4 aliphatic rings. The van der Waals surface area contributed by atoms with E-state index < -0.39 is 6.04 Å². The third-order valence-electron chi connectivity index (χ3n) is 7.62. The van der Waals surface area contributed by atoms with Gasteiger partial charge in [0.25, 0.3) is 5.91 Å². The molecule has 5 rings (SSSR count). The number of hydrogen-bond donors (Lipinski definition) is 2. The number of fused-ring (bicyclic) bond motifs is 1. The highest BCUT2D eigenvalue weighted by molar-refractivity contribution is 6.05. The molecule has 4 aliphatic heterocycles. The fourth-order valence-electron chi connectivity index (χ4n) is 5.83. The third kappa shape index (κ3) is 4.13. The number of imide groups is 1. The van der Waals surface area contributed by atoms with Crippen LogP contribution in [0.4, 0.5) is 0 Å². The van der Waals surface area contributed by atoms with Gasteiger partial charge in [-0.2, -0.15) is 0 Å². The van der Waals surface area contributed by atoms with Crippen LogP contribution in [-0.4, -0.2) is 59.2 Å². The molecular weight excluding hydrogens is 392 g/mol. The molecule has 2 atom stereocenters. The van der Waals surface area contributed by atoms with Gasteiger partial charge in [-0.25, -0.2) is 0 Å². The van der Waals surface area contributed by atoms with Crippen LogP contribution in [0.1, 0.15) is 66.4 Å². The Labute approximate surface area is 183 Å². The van der Waals surface area contributed by atoms with Gasteiger partial charge < -0.3 is 10.2 Å². The van der Waals surface area contributed by atoms with Crippen LogP contribution in [0.25, 0.3) is 0 Å². The summed E-state index contributed by atoms with van der Waals surface area (Å²) in [6.45, 7) is 4.66. The molecule has 3 amide bonds. The zero-order valence-electron chi connectivity index (χ0n) is 18.1. The van der Waals surface area contributed by atoms with Crippen LogP contribution >= 0.6 is 0 Å². The van der Waals surface area contributed by atoms with Crippen molar-refractivity contribution in [2.75, 3.05) is 19.6 Å². The number of amides is 3. The Hall–Kier alpha value is -2.25. The third-order valence-corrected chi connectivity index (χ3v) is 7.62. The van der Waals surface area contributed by atoms with Crippen molar-refractivity contribution in [1.82, 2.24) is 20.4 Å². The number of hydrogen-bond acceptors (Lipinski definition) is 5. The zero-order chi connectivity index (χ0) is 21.4. The average Bonchev–Trinajstić information content (AvgIpc) is 3.12. The second kappa shape index (κ2) is 8.71. The first-order valence-electron chi connectivity index (χ1n) is 11.8. The molecule has 3 saturated heterocycles. The Morgan fingerprint density at radius 3 is 2.58 bits per heavy atom. The second-order valence-electron chi connectivity index (χ2n) is 9.51. The Kier molecular flexibility index (Phi) is 5.80. The van der Waals surface area contributed by atoms with Crippen molar-refractivity contribution in [3.8, 4) is 0 Å². The van der Waals surface area contributed by atoms with E-state index >= 15 is 0 Å². The van der Waals surface area contributed by atoms with E-state index in [0.29, 0.717) is 24.6 Å². The Balaban J connectivity index is 1.24. The summed E-state index contributed by atoms with van der Waals surface area (Å²) in [5.74, 6) is 0.0892. The number of piperidine rings is 3. The fourth-order valence-corrected chi connectivity index (χ4v) is 5.83. The molecule has 1 aromatic rings. The zero-order valence-corrected chi connectivity index (χ0v) is 18.1. The largest absolute Gasteiger partial charge is 0.322 e. The lowest BCUT2D eigenvalue weighted by atomic mass is 9.85. The van der Waals surface area contributed by atoms with Gasteiger partial charge in [0.2, 0.25) is 11.8 Å². The minimum atomic E-state index is -0.552. The number of benzene rings is 1. The van der Waals surface area contributed by atoms with E-state index in [0.717, 1.165) is 31.1 Å². The van der Waals surface area contributed by atoms with Crippen LogP contribution in [0.3, 0.4) is 0 Å². The van der Waals surface area contributed by atoms with Crippen LogP contribution in [0, 0.1) is 5.92 Å². The van der Waals surface area contributed by atoms with Gasteiger partial charge in [-0.05, 0) is 74.8 Å². The lowest BCUT2D eigenvalue weighted by Crippen LogP contribution is -2.52. The Morgan fingerprint density at radius 2 is 1.84 bits per heavy atom. The molecule has 0 aliphatic carbocycles. The van der Waals surface area contributed by atoms with Gasteiger partial charge in [-0.15, -0.1) is 0 Å². The molecule has 0 saturated carbocycles. The molecule has 1 aromatic carbocycles. The van der Waals surface area contributed by atoms with Crippen molar-refractivity contribution in [1.29, 1.82) is 0 Å². The second-order valence-corrected chi connectivity index (χ2v) is 9.51. The van der Waals surface area contributed by atoms with E-state index in [1.807, 2.05) is 12.1 Å². The number of carbonyl (C=O) groups is 3. The molecule has 0 spiro atoms. The van der Waals surface area contributed by atoms with E-state index in [1.54, 1.807) is 4.90 Å². The first-order valence-corrected chi connectivity index (χ1v) is 11.8. The van der Waals surface area contributed by atoms with E-state index in [2.05, 4.69) is 21.6 Å². The first-order chi connectivity index (χ1) is 15.1. The smallest absolute Gasteiger partial charge is 0.255 e. The fraction of sp³-hybridized carbons (Fsp3) is 0.625. The summed E-state index contributed by atoms with van der Waals surface area (Å²) in [5.41, 5.74) is 2.95. The molecule has 7 heteroatoms. The first kappa shape index (κ1) is 20.6. The molecule has 2 unspecified atom stereocenters. The molecule has 2 N–H and O–H groups in total. The van der Waals surface area contributed by atoms with Crippen molar-refractivity contribution < 1.29 is 14.4 Å². The van der Waals surface area contributed by atoms with Gasteiger partial charge in [0.05, 0.1) is 0 Å². The van der Waals surface area contributed by atoms with E-state index in [1.165, 1.54) is 44.2 Å². The number of carbonyl (C=O) groups excluding carboxylic acids is 3. The molecule has 4 heterocycles. The number of nitrogens with one attached hydrogen (secondary N) is 2. The molecule has 0 bridgehead atoms. The molecule has 166 valence electrons. The van der Waals surface area contributed by atoms with Crippen LogP contribution in [0.2, 0.25) is 0 Å². The molecule has 0 radical (unpaired) electrons. The minimum Gasteiger partial charge on any atom is -0.322 e. The van der Waals surface area contributed by atoms with Gasteiger partial charge in [-0.1, -0.05) is 18.6 Å². The van der Waals surface area contributed by atoms with Gasteiger partial charge in [0, 0.05) is 31.1 Å². The summed E-state index contributed by atoms with van der Waals surface area (Å²) in [4.78, 5) is 41.0. The number of rotatable bonds is 4. The summed E-state index contributed by atoms with van der Waals surface area (Å²) in [6.07, 6.45) is 7.13. The predicted molar refractivity (Wildman–Crippen MR) is 116 cm³/mol. The van der Waals surface area contributed by atoms with Crippen LogP contribution in [0.5, 0.6) is 0 Å². The highest BCUT2D eigenvalue weighted by atomic mass is 16.2. The van der Waals surface area contributed by atoms with E-state index in [9.17, 15) is 14.4 Å². The average molecular weight is 425 g/mol. The maximum Gasteiger partial charge on any atom is 0.255 e. The maximum atomic E-state index is 13.0. The minimum absolute atomic E-state index is 0.0894. The molecule has 7 nitrogen and oxygen atoms in total. The van der Waals surface area contributed by atoms with E-state index in [-0.39, 0.29) is 24.1 Å². The highest BCUT2D eigenvalue weighted by Crippen LogP contribution is 2.32. The summed E-state index contributed by atoms with van der Waals surface area (Å²) in [6, 6.07) is 6.09. The normalized spacial score (nSPS) is 28.0. The quantitative estimate of drug-likeness (QED) is 0.721. The summed E-state index contributed by atoms with van der Waals surface area (Å²) in [7, 11) is 0. The standard InChI is InChI=1S/C24H32N4O3/c29-22-8-7-21(23(30)26-22)28-15-19-17(4-3-5-18(19)24(28)31)14-27-12-9-16(10-13-27)20-6-1-2-11-25-20/h3-5,16,20-21,25H,1-2,6-15H2,(H,26,29,30). The van der Waals surface area contributed by atoms with Gasteiger partial charge in [0.15, 0.2) is 0 Å². The van der Waals surface area contributed by atoms with Gasteiger partial charge in [0.1, 0.15) is 6.04 Å². The van der Waals surface area contributed by atoms with E-state index in [4.69, 9.17) is 0 Å². The molecule has 0 aromatic heterocycles. The Bertz CT molecular complexity index is 872. The monoisotopic (exact) mass is 424 g/mol. The SMILES string of the molecule is O=C1CCC(N2Cc3c(CN4CCC(C5CCCCN5)CC4)cccc3C2=O)C(=O)N1. The van der Waals surface area contributed by atoms with Gasteiger partial charge >= 0.3 is 0 Å². The Morgan fingerprint density at radius 1 is 1.00 bits per heavy atom. The molecule has 3 fully saturated rings. The summed E-state index contributed by atoms with van der Waals surface area (Å²) < 4.78 is 0. The topological polar surface area (TPSA) is 81.8 Å². The van der Waals surface area contributed by atoms with Crippen LogP contribution < -0.4 is 10.6 Å². The lowest BCUT2D eigenvalue weighted by Gasteiger charge is -2.38. The van der Waals surface area contributed by atoms with Crippen molar-refractivity contribution in [2.24, 2.45) is 5.92 Å². The molecule has 31 heavy (non-hydrogen) atoms. The van der Waals surface area contributed by atoms with Crippen LogP contribution in [0.15, 0.2) is 18.2 Å². The molecular formula is C24H32N4O3. The van der Waals surface area contributed by atoms with Crippen molar-refractivity contribution in [3.05, 3.63) is 34.9 Å². The van der Waals surface area contributed by atoms with Crippen molar-refractivity contribution in [2.45, 2.75) is 70.1 Å². The lowest BCUT2D eigenvalue weighted by molar-refractivity contribution is -0.136. The highest BCUT2D eigenvalue weighted by Gasteiger charge is 2.40. The van der Waals surface area contributed by atoms with Crippen molar-refractivity contribution >= 4 is 17.7 Å². The maximum absolute atomic E-state index is 13.0. The predicted octanol–water partition coefficient (Wildman–Crippen LogP) is 1.80. The number of likely N-dealkylation sites (tertiary alicyclic amines) is 1. The summed E-state index contributed by atoms with van der Waals surface area (Å²) in [5, 5.41) is 6.10. The number of nitrogens with zero attached hydrogens (tertiary/aromatic N) is 2. The summed E-state index contributed by atoms with van der Waals surface area (Å²) >= 11 is 0. The van der Waals surface area contributed by atoms with Crippen LogP contribution in [-0.2, 0) is 22.7 Å².